The average molecular weight is 400 g/mol. The standard InChI is InChI=1S/C19H23F3N2O2S/c20-19(21,22)13-26-11-6-12-27-18-23-16-10-5-4-9-15(16)17(25)24(18)14-7-2-1-3-8-14/h4-5,9-10,14H,1-3,6-8,11-13H2. The number of hydrogen-bond acceptors (Lipinski definition) is 4. The van der Waals surface area contributed by atoms with Crippen molar-refractivity contribution in [2.24, 2.45) is 0 Å². The molecule has 1 heterocycles. The summed E-state index contributed by atoms with van der Waals surface area (Å²) in [5.74, 6) is 0.551. The van der Waals surface area contributed by atoms with E-state index in [9.17, 15) is 18.0 Å². The lowest BCUT2D eigenvalue weighted by Crippen LogP contribution is -2.29. The normalized spacial score (nSPS) is 16.1. The Balaban J connectivity index is 1.73. The fourth-order valence-corrected chi connectivity index (χ4v) is 4.38. The van der Waals surface area contributed by atoms with Gasteiger partial charge < -0.3 is 4.74 Å². The van der Waals surface area contributed by atoms with Gasteiger partial charge in [0.1, 0.15) is 6.61 Å². The van der Waals surface area contributed by atoms with E-state index in [1.165, 1.54) is 18.2 Å². The number of benzene rings is 1. The molecule has 0 amide bonds. The second kappa shape index (κ2) is 9.10. The predicted molar refractivity (Wildman–Crippen MR) is 100 cm³/mol. The minimum atomic E-state index is -4.30. The molecule has 1 aromatic heterocycles. The molecule has 0 radical (unpaired) electrons. The Morgan fingerprint density at radius 2 is 1.93 bits per heavy atom. The summed E-state index contributed by atoms with van der Waals surface area (Å²) in [6.07, 6.45) is 1.47. The fraction of sp³-hybridized carbons (Fsp3) is 0.579. The van der Waals surface area contributed by atoms with Crippen LogP contribution in [-0.4, -0.2) is 34.7 Å². The van der Waals surface area contributed by atoms with Gasteiger partial charge in [0.25, 0.3) is 5.56 Å². The van der Waals surface area contributed by atoms with Crippen molar-refractivity contribution in [3.8, 4) is 0 Å². The Hall–Kier alpha value is -1.54. The Bertz CT molecular complexity index is 817. The molecule has 0 aliphatic heterocycles. The Morgan fingerprint density at radius 1 is 1.19 bits per heavy atom. The van der Waals surface area contributed by atoms with E-state index in [0.29, 0.717) is 28.2 Å². The van der Waals surface area contributed by atoms with Crippen molar-refractivity contribution >= 4 is 22.7 Å². The topological polar surface area (TPSA) is 44.1 Å². The van der Waals surface area contributed by atoms with E-state index in [4.69, 9.17) is 0 Å². The van der Waals surface area contributed by atoms with Gasteiger partial charge in [0, 0.05) is 18.4 Å². The summed E-state index contributed by atoms with van der Waals surface area (Å²) < 4.78 is 42.8. The average Bonchev–Trinajstić information content (AvgIpc) is 2.64. The van der Waals surface area contributed by atoms with Gasteiger partial charge in [0.15, 0.2) is 5.16 Å². The van der Waals surface area contributed by atoms with E-state index in [2.05, 4.69) is 9.72 Å². The van der Waals surface area contributed by atoms with Gasteiger partial charge in [-0.3, -0.25) is 9.36 Å². The maximum atomic E-state index is 13.1. The zero-order chi connectivity index (χ0) is 19.3. The minimum absolute atomic E-state index is 0.0247. The second-order valence-corrected chi connectivity index (χ2v) is 7.81. The number of hydrogen-bond donors (Lipinski definition) is 0. The van der Waals surface area contributed by atoms with Crippen molar-refractivity contribution in [1.82, 2.24) is 9.55 Å². The van der Waals surface area contributed by atoms with Crippen molar-refractivity contribution in [3.05, 3.63) is 34.6 Å². The highest BCUT2D eigenvalue weighted by Gasteiger charge is 2.27. The number of thioether (sulfide) groups is 1. The van der Waals surface area contributed by atoms with Gasteiger partial charge in [0.2, 0.25) is 0 Å². The van der Waals surface area contributed by atoms with E-state index in [0.717, 1.165) is 25.7 Å². The lowest BCUT2D eigenvalue weighted by atomic mass is 9.95. The van der Waals surface area contributed by atoms with Gasteiger partial charge in [-0.05, 0) is 31.4 Å². The molecule has 1 aromatic carbocycles. The van der Waals surface area contributed by atoms with Crippen LogP contribution in [0.4, 0.5) is 13.2 Å². The van der Waals surface area contributed by atoms with Gasteiger partial charge in [-0.15, -0.1) is 0 Å². The van der Waals surface area contributed by atoms with Crippen molar-refractivity contribution in [3.63, 3.8) is 0 Å². The number of alkyl halides is 3. The highest BCUT2D eigenvalue weighted by Crippen LogP contribution is 2.31. The Labute approximate surface area is 160 Å². The van der Waals surface area contributed by atoms with Crippen LogP contribution in [0.15, 0.2) is 34.2 Å². The van der Waals surface area contributed by atoms with Crippen molar-refractivity contribution in [2.45, 2.75) is 55.9 Å². The summed E-state index contributed by atoms with van der Waals surface area (Å²) in [4.78, 5) is 17.7. The van der Waals surface area contributed by atoms with Crippen LogP contribution in [0.25, 0.3) is 10.9 Å². The maximum Gasteiger partial charge on any atom is 0.411 e. The van der Waals surface area contributed by atoms with Gasteiger partial charge >= 0.3 is 6.18 Å². The summed E-state index contributed by atoms with van der Waals surface area (Å²) in [7, 11) is 0. The predicted octanol–water partition coefficient (Wildman–Crippen LogP) is 4.96. The van der Waals surface area contributed by atoms with E-state index in [-0.39, 0.29) is 18.2 Å². The van der Waals surface area contributed by atoms with Crippen LogP contribution in [0.2, 0.25) is 0 Å². The number of rotatable bonds is 7. The largest absolute Gasteiger partial charge is 0.411 e. The molecule has 0 unspecified atom stereocenters. The number of ether oxygens (including phenoxy) is 1. The zero-order valence-electron chi connectivity index (χ0n) is 15.0. The molecule has 8 heteroatoms. The molecule has 0 atom stereocenters. The molecular weight excluding hydrogens is 377 g/mol. The van der Waals surface area contributed by atoms with Crippen LogP contribution in [0.1, 0.15) is 44.6 Å². The van der Waals surface area contributed by atoms with E-state index < -0.39 is 12.8 Å². The minimum Gasteiger partial charge on any atom is -0.372 e. The van der Waals surface area contributed by atoms with Crippen molar-refractivity contribution in [2.75, 3.05) is 19.0 Å². The third-order valence-corrected chi connectivity index (χ3v) is 5.68. The fourth-order valence-electron chi connectivity index (χ4n) is 3.40. The highest BCUT2D eigenvalue weighted by atomic mass is 32.2. The molecule has 1 fully saturated rings. The molecule has 3 rings (SSSR count). The van der Waals surface area contributed by atoms with Gasteiger partial charge in [-0.25, -0.2) is 4.98 Å². The smallest absolute Gasteiger partial charge is 0.372 e. The van der Waals surface area contributed by atoms with Gasteiger partial charge in [0.05, 0.1) is 10.9 Å². The number of para-hydroxylation sites is 1. The van der Waals surface area contributed by atoms with Crippen LogP contribution < -0.4 is 5.56 Å². The number of nitrogens with zero attached hydrogens (tertiary/aromatic N) is 2. The number of halogens is 3. The summed E-state index contributed by atoms with van der Waals surface area (Å²) in [6, 6.07) is 7.44. The maximum absolute atomic E-state index is 13.1. The Kier molecular flexibility index (Phi) is 6.81. The first kappa shape index (κ1) is 20.2. The van der Waals surface area contributed by atoms with Crippen LogP contribution in [0.3, 0.4) is 0 Å². The third-order valence-electron chi connectivity index (χ3n) is 4.65. The first-order chi connectivity index (χ1) is 13.0. The van der Waals surface area contributed by atoms with Gasteiger partial charge in [-0.2, -0.15) is 13.2 Å². The molecule has 148 valence electrons. The van der Waals surface area contributed by atoms with Crippen LogP contribution in [0, 0.1) is 0 Å². The molecule has 27 heavy (non-hydrogen) atoms. The zero-order valence-corrected chi connectivity index (χ0v) is 15.8. The number of aromatic nitrogens is 2. The molecule has 1 aliphatic carbocycles. The SMILES string of the molecule is O=c1c2ccccc2nc(SCCCOCC(F)(F)F)n1C1CCCCC1. The van der Waals surface area contributed by atoms with Crippen LogP contribution in [-0.2, 0) is 4.74 Å². The molecule has 1 saturated carbocycles. The van der Waals surface area contributed by atoms with Gasteiger partial charge in [-0.1, -0.05) is 43.2 Å². The molecular formula is C19H23F3N2O2S. The molecule has 0 N–H and O–H groups in total. The molecule has 0 bridgehead atoms. The number of fused-ring (bicyclic) bond motifs is 1. The summed E-state index contributed by atoms with van der Waals surface area (Å²) >= 11 is 1.42. The molecule has 1 aliphatic rings. The van der Waals surface area contributed by atoms with Crippen LogP contribution in [0.5, 0.6) is 0 Å². The lowest BCUT2D eigenvalue weighted by molar-refractivity contribution is -0.173. The summed E-state index contributed by atoms with van der Waals surface area (Å²) in [5.41, 5.74) is 0.633. The first-order valence-corrected chi connectivity index (χ1v) is 10.2. The monoisotopic (exact) mass is 400 g/mol. The molecule has 4 nitrogen and oxygen atoms in total. The third kappa shape index (κ3) is 5.48. The molecule has 0 spiro atoms. The molecule has 2 aromatic rings. The van der Waals surface area contributed by atoms with Crippen molar-refractivity contribution in [1.29, 1.82) is 0 Å². The second-order valence-electron chi connectivity index (χ2n) is 6.75. The molecule has 0 saturated heterocycles. The highest BCUT2D eigenvalue weighted by molar-refractivity contribution is 7.99. The Morgan fingerprint density at radius 3 is 2.67 bits per heavy atom. The quantitative estimate of drug-likeness (QED) is 0.374. The van der Waals surface area contributed by atoms with Crippen LogP contribution >= 0.6 is 11.8 Å². The summed E-state index contributed by atoms with van der Waals surface area (Å²) in [5, 5.41) is 1.27. The lowest BCUT2D eigenvalue weighted by Gasteiger charge is -2.26. The van der Waals surface area contributed by atoms with E-state index in [1.54, 1.807) is 6.07 Å². The van der Waals surface area contributed by atoms with E-state index in [1.807, 2.05) is 22.8 Å². The summed E-state index contributed by atoms with van der Waals surface area (Å²) in [6.45, 7) is -1.19. The first-order valence-electron chi connectivity index (χ1n) is 9.24. The van der Waals surface area contributed by atoms with Crippen molar-refractivity contribution < 1.29 is 17.9 Å². The van der Waals surface area contributed by atoms with E-state index >= 15 is 0 Å².